The molecule has 2 saturated heterocycles. The zero-order valence-electron chi connectivity index (χ0n) is 12.2. The van der Waals surface area contributed by atoms with E-state index in [0.717, 1.165) is 45.5 Å². The molecule has 3 heterocycles. The van der Waals surface area contributed by atoms with Gasteiger partial charge in [-0.2, -0.15) is 0 Å². The van der Waals surface area contributed by atoms with Gasteiger partial charge in [-0.15, -0.1) is 0 Å². The smallest absolute Gasteiger partial charge is 0.0846 e. The van der Waals surface area contributed by atoms with E-state index in [-0.39, 0.29) is 0 Å². The van der Waals surface area contributed by atoms with Crippen LogP contribution < -0.4 is 15.5 Å². The third-order valence-electron chi connectivity index (χ3n) is 4.47. The van der Waals surface area contributed by atoms with E-state index in [1.807, 2.05) is 0 Å². The maximum Gasteiger partial charge on any atom is 0.0846 e. The van der Waals surface area contributed by atoms with Crippen molar-refractivity contribution in [3.05, 3.63) is 11.8 Å². The summed E-state index contributed by atoms with van der Waals surface area (Å²) in [5.74, 6) is 0. The van der Waals surface area contributed by atoms with Crippen LogP contribution in [-0.4, -0.2) is 55.7 Å². The van der Waals surface area contributed by atoms with Gasteiger partial charge in [0.1, 0.15) is 0 Å². The van der Waals surface area contributed by atoms with Gasteiger partial charge in [0.05, 0.1) is 18.8 Å². The van der Waals surface area contributed by atoms with Crippen LogP contribution in [-0.2, 0) is 4.74 Å². The minimum absolute atomic E-state index is 0.403. The van der Waals surface area contributed by atoms with Crippen LogP contribution in [0.2, 0.25) is 0 Å². The van der Waals surface area contributed by atoms with E-state index >= 15 is 0 Å². The maximum absolute atomic E-state index is 6.21. The molecule has 0 aliphatic carbocycles. The highest BCUT2D eigenvalue weighted by Gasteiger charge is 2.36. The minimum atomic E-state index is 0.403. The van der Waals surface area contributed by atoms with E-state index in [4.69, 9.17) is 4.74 Å². The molecule has 0 spiro atoms. The van der Waals surface area contributed by atoms with Crippen LogP contribution >= 0.6 is 11.9 Å². The molecule has 0 amide bonds. The van der Waals surface area contributed by atoms with Crippen molar-refractivity contribution >= 4 is 11.9 Å². The first-order valence-electron chi connectivity index (χ1n) is 7.71. The number of ether oxygens (including phenoxy) is 1. The van der Waals surface area contributed by atoms with Gasteiger partial charge >= 0.3 is 0 Å². The molecule has 0 bridgehead atoms. The van der Waals surface area contributed by atoms with Gasteiger partial charge in [-0.3, -0.25) is 4.72 Å². The van der Waals surface area contributed by atoms with Gasteiger partial charge in [-0.1, -0.05) is 11.9 Å². The van der Waals surface area contributed by atoms with Crippen molar-refractivity contribution in [1.82, 2.24) is 20.5 Å². The number of hydrogen-bond donors (Lipinski definition) is 3. The third-order valence-corrected chi connectivity index (χ3v) is 5.01. The lowest BCUT2D eigenvalue weighted by Gasteiger charge is -2.42. The van der Waals surface area contributed by atoms with Crippen LogP contribution in [0.1, 0.15) is 25.7 Å². The van der Waals surface area contributed by atoms with Gasteiger partial charge < -0.3 is 15.1 Å². The van der Waals surface area contributed by atoms with Crippen molar-refractivity contribution in [2.75, 3.05) is 32.5 Å². The van der Waals surface area contributed by atoms with Crippen molar-refractivity contribution in [2.24, 2.45) is 0 Å². The Morgan fingerprint density at radius 1 is 1.40 bits per heavy atom. The van der Waals surface area contributed by atoms with E-state index < -0.39 is 0 Å². The molecule has 20 heavy (non-hydrogen) atoms. The van der Waals surface area contributed by atoms with E-state index in [9.17, 15) is 0 Å². The molecule has 3 N–H and O–H groups in total. The number of nitrogens with zero attached hydrogens (tertiary/aromatic N) is 1. The molecule has 0 aromatic rings. The Hall–Kier alpha value is -0.270. The highest BCUT2D eigenvalue weighted by Crippen LogP contribution is 2.28. The third kappa shape index (κ3) is 3.31. The molecule has 0 aromatic heterocycles. The first kappa shape index (κ1) is 14.7. The Morgan fingerprint density at radius 3 is 3.05 bits per heavy atom. The Kier molecular flexibility index (Phi) is 5.23. The second-order valence-corrected chi connectivity index (χ2v) is 6.39. The second kappa shape index (κ2) is 7.13. The summed E-state index contributed by atoms with van der Waals surface area (Å²) in [6.45, 7) is 3.96. The summed E-state index contributed by atoms with van der Waals surface area (Å²) in [5, 5.41) is 5.74. The van der Waals surface area contributed by atoms with Gasteiger partial charge in [0, 0.05) is 18.3 Å². The number of hydrazine groups is 1. The van der Waals surface area contributed by atoms with Crippen LogP contribution in [0.4, 0.5) is 0 Å². The molecule has 0 radical (unpaired) electrons. The molecule has 5 nitrogen and oxygen atoms in total. The number of fused-ring (bicyclic) bond motifs is 1. The van der Waals surface area contributed by atoms with Crippen LogP contribution in [0, 0.1) is 0 Å². The standard InChI is InChI=1S/C14H26N4OS/c1-20-17-13-3-2-11-4-9-16-18(11)14(13)10-19-12-5-7-15-8-6-12/h4,12-17H,2-3,5-10H2,1H3. The minimum Gasteiger partial charge on any atom is -0.376 e. The van der Waals surface area contributed by atoms with Gasteiger partial charge in [0.15, 0.2) is 0 Å². The molecular weight excluding hydrogens is 272 g/mol. The lowest BCUT2D eigenvalue weighted by Crippen LogP contribution is -2.56. The quantitative estimate of drug-likeness (QED) is 0.655. The van der Waals surface area contributed by atoms with E-state index in [1.165, 1.54) is 12.1 Å². The lowest BCUT2D eigenvalue weighted by atomic mass is 9.97. The van der Waals surface area contributed by atoms with Crippen molar-refractivity contribution in [1.29, 1.82) is 0 Å². The number of rotatable bonds is 5. The van der Waals surface area contributed by atoms with Crippen molar-refractivity contribution in [3.63, 3.8) is 0 Å². The fourth-order valence-corrected chi connectivity index (χ4v) is 3.94. The summed E-state index contributed by atoms with van der Waals surface area (Å²) < 4.78 is 9.76. The van der Waals surface area contributed by atoms with Crippen LogP contribution in [0.5, 0.6) is 0 Å². The molecule has 3 aliphatic rings. The monoisotopic (exact) mass is 298 g/mol. The first-order chi connectivity index (χ1) is 9.88. The Balaban J connectivity index is 1.58. The number of allylic oxidation sites excluding steroid dienone is 1. The zero-order chi connectivity index (χ0) is 13.8. The number of hydrogen-bond acceptors (Lipinski definition) is 6. The summed E-state index contributed by atoms with van der Waals surface area (Å²) in [6.07, 6.45) is 9.50. The highest BCUT2D eigenvalue weighted by molar-refractivity contribution is 7.96. The predicted octanol–water partition coefficient (Wildman–Crippen LogP) is 0.858. The maximum atomic E-state index is 6.21. The molecule has 0 saturated carbocycles. The fraction of sp³-hybridized carbons (Fsp3) is 0.857. The van der Waals surface area contributed by atoms with Crippen LogP contribution in [0.15, 0.2) is 11.8 Å². The van der Waals surface area contributed by atoms with Crippen LogP contribution in [0.3, 0.4) is 0 Å². The molecular formula is C14H26N4OS. The SMILES string of the molecule is CSNC1CCC2=CCNN2C1COC1CCNCC1. The molecule has 114 valence electrons. The number of piperidine rings is 2. The van der Waals surface area contributed by atoms with Crippen LogP contribution in [0.25, 0.3) is 0 Å². The molecule has 2 fully saturated rings. The topological polar surface area (TPSA) is 48.6 Å². The van der Waals surface area contributed by atoms with Crippen molar-refractivity contribution in [2.45, 2.75) is 43.9 Å². The molecule has 0 aromatic carbocycles. The molecule has 6 heteroatoms. The summed E-state index contributed by atoms with van der Waals surface area (Å²) in [5.41, 5.74) is 4.93. The summed E-state index contributed by atoms with van der Waals surface area (Å²) >= 11 is 1.72. The van der Waals surface area contributed by atoms with Gasteiger partial charge in [0.25, 0.3) is 0 Å². The van der Waals surface area contributed by atoms with E-state index in [1.54, 1.807) is 11.9 Å². The second-order valence-electron chi connectivity index (χ2n) is 5.74. The zero-order valence-corrected chi connectivity index (χ0v) is 13.0. The highest BCUT2D eigenvalue weighted by atomic mass is 32.2. The normalized spacial score (nSPS) is 31.2. The van der Waals surface area contributed by atoms with E-state index in [2.05, 4.69) is 32.8 Å². The van der Waals surface area contributed by atoms with Gasteiger partial charge in [-0.05, 0) is 51.1 Å². The lowest BCUT2D eigenvalue weighted by molar-refractivity contribution is -0.0206. The van der Waals surface area contributed by atoms with Gasteiger partial charge in [-0.25, -0.2) is 5.43 Å². The van der Waals surface area contributed by atoms with Gasteiger partial charge in [0.2, 0.25) is 0 Å². The largest absolute Gasteiger partial charge is 0.376 e. The Labute approximate surface area is 126 Å². The summed E-state index contributed by atoms with van der Waals surface area (Å²) in [7, 11) is 0. The first-order valence-corrected chi connectivity index (χ1v) is 8.93. The average molecular weight is 298 g/mol. The predicted molar refractivity (Wildman–Crippen MR) is 83.2 cm³/mol. The molecule has 2 atom stereocenters. The summed E-state index contributed by atoms with van der Waals surface area (Å²) in [4.78, 5) is 0. The van der Waals surface area contributed by atoms with Crippen molar-refractivity contribution < 1.29 is 4.74 Å². The summed E-state index contributed by atoms with van der Waals surface area (Å²) in [6, 6.07) is 0.898. The molecule has 2 unspecified atom stereocenters. The average Bonchev–Trinajstić information content (AvgIpc) is 2.96. The molecule has 3 rings (SSSR count). The number of nitrogens with one attached hydrogen (secondary N) is 3. The Bertz CT molecular complexity index is 346. The van der Waals surface area contributed by atoms with Crippen molar-refractivity contribution in [3.8, 4) is 0 Å². The molecule has 3 aliphatic heterocycles. The van der Waals surface area contributed by atoms with E-state index in [0.29, 0.717) is 18.2 Å². The Morgan fingerprint density at radius 2 is 2.25 bits per heavy atom. The fourth-order valence-electron chi connectivity index (χ4n) is 3.37.